The standard InChI is InChI=1S/C12H18N2O3/c1-14(2)7-3-4-8-17-11-9-10(12(15)16)5-6-13-11/h5-6,9H,3-4,7-8H2,1-2H3,(H,15,16). The third-order valence-corrected chi connectivity index (χ3v) is 2.23. The van der Waals surface area contributed by atoms with Gasteiger partial charge in [0.2, 0.25) is 5.88 Å². The molecule has 1 N–H and O–H groups in total. The Balaban J connectivity index is 2.31. The van der Waals surface area contributed by atoms with Crippen LogP contribution in [-0.4, -0.2) is 48.2 Å². The van der Waals surface area contributed by atoms with Crippen LogP contribution >= 0.6 is 0 Å². The summed E-state index contributed by atoms with van der Waals surface area (Å²) < 4.78 is 5.39. The van der Waals surface area contributed by atoms with Crippen LogP contribution < -0.4 is 4.74 Å². The normalized spacial score (nSPS) is 10.5. The van der Waals surface area contributed by atoms with Crippen molar-refractivity contribution in [3.63, 3.8) is 0 Å². The van der Waals surface area contributed by atoms with Gasteiger partial charge in [-0.25, -0.2) is 9.78 Å². The van der Waals surface area contributed by atoms with Crippen LogP contribution in [0.2, 0.25) is 0 Å². The summed E-state index contributed by atoms with van der Waals surface area (Å²) >= 11 is 0. The Labute approximate surface area is 101 Å². The average molecular weight is 238 g/mol. The first-order chi connectivity index (χ1) is 8.09. The first kappa shape index (κ1) is 13.4. The molecule has 94 valence electrons. The number of carbonyl (C=O) groups is 1. The molecule has 1 aromatic rings. The number of ether oxygens (including phenoxy) is 1. The maximum Gasteiger partial charge on any atom is 0.335 e. The van der Waals surface area contributed by atoms with Crippen molar-refractivity contribution in [1.29, 1.82) is 0 Å². The largest absolute Gasteiger partial charge is 0.478 e. The number of aromatic carboxylic acids is 1. The van der Waals surface area contributed by atoms with Crippen molar-refractivity contribution in [2.24, 2.45) is 0 Å². The van der Waals surface area contributed by atoms with Crippen molar-refractivity contribution >= 4 is 5.97 Å². The Morgan fingerprint density at radius 1 is 1.47 bits per heavy atom. The van der Waals surface area contributed by atoms with Gasteiger partial charge in [0.1, 0.15) is 0 Å². The summed E-state index contributed by atoms with van der Waals surface area (Å²) in [4.78, 5) is 16.8. The van der Waals surface area contributed by atoms with Gasteiger partial charge in [-0.15, -0.1) is 0 Å². The summed E-state index contributed by atoms with van der Waals surface area (Å²) in [6.07, 6.45) is 3.42. The van der Waals surface area contributed by atoms with E-state index >= 15 is 0 Å². The summed E-state index contributed by atoms with van der Waals surface area (Å²) in [5.41, 5.74) is 0.197. The molecule has 0 aliphatic carbocycles. The number of hydrogen-bond acceptors (Lipinski definition) is 4. The van der Waals surface area contributed by atoms with Crippen LogP contribution in [0.15, 0.2) is 18.3 Å². The molecule has 0 aliphatic heterocycles. The number of aromatic nitrogens is 1. The van der Waals surface area contributed by atoms with Gasteiger partial charge in [-0.2, -0.15) is 0 Å². The van der Waals surface area contributed by atoms with Gasteiger partial charge in [-0.05, 0) is 39.5 Å². The number of pyridine rings is 1. The van der Waals surface area contributed by atoms with Crippen LogP contribution in [0, 0.1) is 0 Å². The van der Waals surface area contributed by atoms with E-state index in [0.29, 0.717) is 12.5 Å². The van der Waals surface area contributed by atoms with Crippen LogP contribution in [0.5, 0.6) is 5.88 Å². The summed E-state index contributed by atoms with van der Waals surface area (Å²) in [6, 6.07) is 2.88. The van der Waals surface area contributed by atoms with Crippen LogP contribution in [0.1, 0.15) is 23.2 Å². The van der Waals surface area contributed by atoms with Gasteiger partial charge < -0.3 is 14.7 Å². The maximum absolute atomic E-state index is 10.7. The molecule has 0 bridgehead atoms. The monoisotopic (exact) mass is 238 g/mol. The smallest absolute Gasteiger partial charge is 0.335 e. The van der Waals surface area contributed by atoms with Gasteiger partial charge in [-0.1, -0.05) is 0 Å². The lowest BCUT2D eigenvalue weighted by Crippen LogP contribution is -2.13. The van der Waals surface area contributed by atoms with Gasteiger partial charge in [-0.3, -0.25) is 0 Å². The Morgan fingerprint density at radius 2 is 2.24 bits per heavy atom. The highest BCUT2D eigenvalue weighted by Crippen LogP contribution is 2.09. The second kappa shape index (κ2) is 6.85. The van der Waals surface area contributed by atoms with Crippen molar-refractivity contribution in [3.8, 4) is 5.88 Å². The second-order valence-electron chi connectivity index (χ2n) is 4.05. The number of hydrogen-bond donors (Lipinski definition) is 1. The van der Waals surface area contributed by atoms with E-state index in [2.05, 4.69) is 9.88 Å². The summed E-state index contributed by atoms with van der Waals surface area (Å²) in [5.74, 6) is -0.598. The van der Waals surface area contributed by atoms with E-state index in [1.165, 1.54) is 18.3 Å². The van der Waals surface area contributed by atoms with Gasteiger partial charge >= 0.3 is 5.97 Å². The molecule has 5 nitrogen and oxygen atoms in total. The van der Waals surface area contributed by atoms with Crippen LogP contribution in [0.3, 0.4) is 0 Å². The summed E-state index contributed by atoms with van der Waals surface area (Å²) in [7, 11) is 4.05. The van der Waals surface area contributed by atoms with E-state index < -0.39 is 5.97 Å². The van der Waals surface area contributed by atoms with Gasteiger partial charge in [0.05, 0.1) is 12.2 Å². The van der Waals surface area contributed by atoms with E-state index in [4.69, 9.17) is 9.84 Å². The predicted octanol–water partition coefficient (Wildman–Crippen LogP) is 1.50. The first-order valence-corrected chi connectivity index (χ1v) is 5.56. The van der Waals surface area contributed by atoms with Crippen LogP contribution in [0.25, 0.3) is 0 Å². The zero-order chi connectivity index (χ0) is 12.7. The predicted molar refractivity (Wildman–Crippen MR) is 64.5 cm³/mol. The molecule has 0 saturated heterocycles. The second-order valence-corrected chi connectivity index (χ2v) is 4.05. The zero-order valence-electron chi connectivity index (χ0n) is 10.2. The molecule has 1 heterocycles. The third-order valence-electron chi connectivity index (χ3n) is 2.23. The molecule has 5 heteroatoms. The lowest BCUT2D eigenvalue weighted by molar-refractivity contribution is 0.0696. The number of carboxylic acids is 1. The van der Waals surface area contributed by atoms with Gasteiger partial charge in [0.15, 0.2) is 0 Å². The molecular weight excluding hydrogens is 220 g/mol. The van der Waals surface area contributed by atoms with E-state index in [-0.39, 0.29) is 5.56 Å². The SMILES string of the molecule is CN(C)CCCCOc1cc(C(=O)O)ccn1. The van der Waals surface area contributed by atoms with Crippen LogP contribution in [-0.2, 0) is 0 Å². The molecule has 0 unspecified atom stereocenters. The minimum Gasteiger partial charge on any atom is -0.478 e. The third kappa shape index (κ3) is 5.31. The topological polar surface area (TPSA) is 62.7 Å². The Morgan fingerprint density at radius 3 is 2.88 bits per heavy atom. The molecule has 0 radical (unpaired) electrons. The molecule has 1 rings (SSSR count). The number of rotatable bonds is 7. The highest BCUT2D eigenvalue weighted by molar-refractivity contribution is 5.87. The zero-order valence-corrected chi connectivity index (χ0v) is 10.2. The fourth-order valence-electron chi connectivity index (χ4n) is 1.33. The van der Waals surface area contributed by atoms with E-state index in [0.717, 1.165) is 19.4 Å². The summed E-state index contributed by atoms with van der Waals surface area (Å²) in [6.45, 7) is 1.58. The molecule has 1 aromatic heterocycles. The lowest BCUT2D eigenvalue weighted by Gasteiger charge is -2.09. The van der Waals surface area contributed by atoms with Gasteiger partial charge in [0.25, 0.3) is 0 Å². The lowest BCUT2D eigenvalue weighted by atomic mass is 10.3. The molecule has 0 spiro atoms. The molecule has 0 fully saturated rings. The van der Waals surface area contributed by atoms with Crippen molar-refractivity contribution in [2.75, 3.05) is 27.2 Å². The van der Waals surface area contributed by atoms with E-state index in [9.17, 15) is 4.79 Å². The quantitative estimate of drug-likeness (QED) is 0.729. The maximum atomic E-state index is 10.7. The fourth-order valence-corrected chi connectivity index (χ4v) is 1.33. The Kier molecular flexibility index (Phi) is 5.42. The minimum atomic E-state index is -0.968. The minimum absolute atomic E-state index is 0.197. The van der Waals surface area contributed by atoms with E-state index in [1.807, 2.05) is 14.1 Å². The highest BCUT2D eigenvalue weighted by atomic mass is 16.5. The molecule has 0 aromatic carbocycles. The first-order valence-electron chi connectivity index (χ1n) is 5.56. The van der Waals surface area contributed by atoms with Crippen LogP contribution in [0.4, 0.5) is 0 Å². The Hall–Kier alpha value is -1.62. The average Bonchev–Trinajstić information content (AvgIpc) is 2.28. The van der Waals surface area contributed by atoms with Gasteiger partial charge in [0, 0.05) is 12.3 Å². The highest BCUT2D eigenvalue weighted by Gasteiger charge is 2.04. The molecule has 0 amide bonds. The Bertz CT molecular complexity index is 367. The van der Waals surface area contributed by atoms with E-state index in [1.54, 1.807) is 0 Å². The fraction of sp³-hybridized carbons (Fsp3) is 0.500. The number of nitrogens with zero attached hydrogens (tertiary/aromatic N) is 2. The van der Waals surface area contributed by atoms with Crippen molar-refractivity contribution in [1.82, 2.24) is 9.88 Å². The summed E-state index contributed by atoms with van der Waals surface area (Å²) in [5, 5.41) is 8.79. The molecule has 0 saturated carbocycles. The molecular formula is C12H18N2O3. The van der Waals surface area contributed by atoms with Crippen molar-refractivity contribution < 1.29 is 14.6 Å². The van der Waals surface area contributed by atoms with Crippen molar-refractivity contribution in [2.45, 2.75) is 12.8 Å². The molecule has 17 heavy (non-hydrogen) atoms. The molecule has 0 atom stereocenters. The number of carboxylic acid groups (broad SMARTS) is 1. The van der Waals surface area contributed by atoms with Crippen molar-refractivity contribution in [3.05, 3.63) is 23.9 Å². The number of unbranched alkanes of at least 4 members (excludes halogenated alkanes) is 1. The molecule has 0 aliphatic rings.